The number of hydrogen-bond donors (Lipinski definition) is 1. The highest BCUT2D eigenvalue weighted by atomic mass is 32.2. The normalized spacial score (nSPS) is 23.0. The van der Waals surface area contributed by atoms with Gasteiger partial charge in [-0.25, -0.2) is 8.42 Å². The van der Waals surface area contributed by atoms with E-state index in [0.29, 0.717) is 18.6 Å². The molecule has 0 radical (unpaired) electrons. The molecule has 0 fully saturated rings. The summed E-state index contributed by atoms with van der Waals surface area (Å²) in [5.74, 6) is 0. The van der Waals surface area contributed by atoms with Crippen molar-refractivity contribution in [3.63, 3.8) is 0 Å². The fourth-order valence-corrected chi connectivity index (χ4v) is 8.23. The number of allylic oxidation sites excluding steroid dienone is 3. The molecule has 176 valence electrons. The van der Waals surface area contributed by atoms with Crippen molar-refractivity contribution < 1.29 is 13.5 Å². The second-order valence-electron chi connectivity index (χ2n) is 9.52. The van der Waals surface area contributed by atoms with Gasteiger partial charge in [-0.05, 0) is 77.3 Å². The zero-order valence-corrected chi connectivity index (χ0v) is 20.2. The van der Waals surface area contributed by atoms with E-state index in [1.54, 1.807) is 30.5 Å². The van der Waals surface area contributed by atoms with Crippen molar-refractivity contribution in [2.45, 2.75) is 47.9 Å². The summed E-state index contributed by atoms with van der Waals surface area (Å²) in [6, 6.07) is 21.1. The molecular weight excluding hydrogens is 454 g/mol. The number of rotatable bonds is 3. The van der Waals surface area contributed by atoms with Crippen molar-refractivity contribution in [3.8, 4) is 11.1 Å². The van der Waals surface area contributed by atoms with Gasteiger partial charge in [-0.1, -0.05) is 66.7 Å². The maximum absolute atomic E-state index is 14.5. The van der Waals surface area contributed by atoms with Gasteiger partial charge in [0.2, 0.25) is 0 Å². The van der Waals surface area contributed by atoms with Gasteiger partial charge in [0.05, 0.1) is 16.7 Å². The lowest BCUT2D eigenvalue weighted by molar-refractivity contribution is 0.148. The zero-order chi connectivity index (χ0) is 24.0. The summed E-state index contributed by atoms with van der Waals surface area (Å²) in [6.45, 7) is 0. The summed E-state index contributed by atoms with van der Waals surface area (Å²) in [5, 5.41) is 11.2. The van der Waals surface area contributed by atoms with Crippen LogP contribution in [-0.4, -0.2) is 25.3 Å². The third kappa shape index (κ3) is 3.37. The van der Waals surface area contributed by atoms with E-state index in [0.717, 1.165) is 35.1 Å². The standard InChI is InChI=1S/C30H27NO3S/c32-22-19-27-26-15-14-21-9-6-7-12-24(21)25(26)16-17-28(27)30(20-22,29-13-5-2-8-18-31-29)35(33,34)23-10-3-1-4-11-23/h1,3-13,16-18,22,32H,2,14-15,19-20H2. The van der Waals surface area contributed by atoms with Gasteiger partial charge in [0, 0.05) is 12.6 Å². The predicted octanol–water partition coefficient (Wildman–Crippen LogP) is 5.34. The Hall–Kier alpha value is -3.28. The summed E-state index contributed by atoms with van der Waals surface area (Å²) in [5.41, 5.74) is 6.98. The first-order valence-corrected chi connectivity index (χ1v) is 13.6. The number of aliphatic hydroxyl groups is 1. The van der Waals surface area contributed by atoms with Gasteiger partial charge in [0.1, 0.15) is 4.75 Å². The van der Waals surface area contributed by atoms with E-state index >= 15 is 0 Å². The Labute approximate surface area is 206 Å². The third-order valence-electron chi connectivity index (χ3n) is 7.57. The molecule has 1 heterocycles. The summed E-state index contributed by atoms with van der Waals surface area (Å²) >= 11 is 0. The molecule has 35 heavy (non-hydrogen) atoms. The van der Waals surface area contributed by atoms with Crippen LogP contribution in [0.5, 0.6) is 0 Å². The lowest BCUT2D eigenvalue weighted by atomic mass is 9.72. The van der Waals surface area contributed by atoms with Gasteiger partial charge in [0.25, 0.3) is 0 Å². The highest BCUT2D eigenvalue weighted by molar-refractivity contribution is 7.93. The van der Waals surface area contributed by atoms with Crippen LogP contribution in [0.15, 0.2) is 101 Å². The van der Waals surface area contributed by atoms with Crippen LogP contribution in [0, 0.1) is 0 Å². The summed E-state index contributed by atoms with van der Waals surface area (Å²) in [7, 11) is -3.95. The molecule has 2 aliphatic carbocycles. The Kier molecular flexibility index (Phi) is 5.35. The molecule has 0 amide bonds. The Bertz CT molecular complexity index is 1500. The number of aryl methyl sites for hydroxylation is 1. The molecule has 0 aromatic heterocycles. The number of aliphatic imine (C=N–C) groups is 1. The lowest BCUT2D eigenvalue weighted by Gasteiger charge is -2.42. The minimum Gasteiger partial charge on any atom is -0.393 e. The molecule has 1 aliphatic heterocycles. The van der Waals surface area contributed by atoms with E-state index in [2.05, 4.69) is 29.3 Å². The zero-order valence-electron chi connectivity index (χ0n) is 19.4. The van der Waals surface area contributed by atoms with Gasteiger partial charge >= 0.3 is 0 Å². The molecule has 5 heteroatoms. The molecular formula is C30H27NO3S. The van der Waals surface area contributed by atoms with Crippen LogP contribution >= 0.6 is 0 Å². The quantitative estimate of drug-likeness (QED) is 0.549. The fraction of sp³-hybridized carbons (Fsp3) is 0.233. The van der Waals surface area contributed by atoms with Crippen LogP contribution in [0.1, 0.15) is 35.1 Å². The van der Waals surface area contributed by atoms with E-state index in [1.165, 1.54) is 11.1 Å². The van der Waals surface area contributed by atoms with Crippen molar-refractivity contribution >= 4 is 15.5 Å². The van der Waals surface area contributed by atoms with Crippen LogP contribution in [0.3, 0.4) is 0 Å². The monoisotopic (exact) mass is 481 g/mol. The van der Waals surface area contributed by atoms with E-state index in [4.69, 9.17) is 0 Å². The molecule has 6 rings (SSSR count). The number of sulfone groups is 1. The molecule has 1 N–H and O–H groups in total. The summed E-state index contributed by atoms with van der Waals surface area (Å²) in [4.78, 5) is 4.89. The lowest BCUT2D eigenvalue weighted by Crippen LogP contribution is -2.49. The Morgan fingerprint density at radius 3 is 2.51 bits per heavy atom. The topological polar surface area (TPSA) is 66.7 Å². The second kappa shape index (κ2) is 8.43. The van der Waals surface area contributed by atoms with Gasteiger partial charge in [0.15, 0.2) is 9.84 Å². The van der Waals surface area contributed by atoms with Gasteiger partial charge in [-0.2, -0.15) is 0 Å². The van der Waals surface area contributed by atoms with E-state index in [1.807, 2.05) is 36.4 Å². The van der Waals surface area contributed by atoms with Crippen molar-refractivity contribution in [1.82, 2.24) is 0 Å². The second-order valence-corrected chi connectivity index (χ2v) is 11.7. The average Bonchev–Trinajstić information content (AvgIpc) is 3.18. The maximum Gasteiger partial charge on any atom is 0.194 e. The van der Waals surface area contributed by atoms with E-state index in [9.17, 15) is 13.5 Å². The average molecular weight is 482 g/mol. The highest BCUT2D eigenvalue weighted by Crippen LogP contribution is 2.50. The summed E-state index contributed by atoms with van der Waals surface area (Å²) < 4.78 is 27.6. The SMILES string of the molecule is O=S(=O)(c1ccccc1)C1(C2=NC=CCC=C2)CC(O)Cc2c1ccc1c2CCc2ccccc2-1. The molecule has 0 bridgehead atoms. The molecule has 2 unspecified atom stereocenters. The fourth-order valence-electron chi connectivity index (χ4n) is 6.02. The minimum absolute atomic E-state index is 0.0730. The number of hydrogen-bond acceptors (Lipinski definition) is 4. The molecule has 0 spiro atoms. The van der Waals surface area contributed by atoms with Crippen molar-refractivity contribution in [2.75, 3.05) is 0 Å². The molecule has 0 saturated carbocycles. The van der Waals surface area contributed by atoms with Crippen molar-refractivity contribution in [1.29, 1.82) is 0 Å². The Balaban J connectivity index is 1.67. The van der Waals surface area contributed by atoms with Gasteiger partial charge in [-0.15, -0.1) is 0 Å². The number of nitrogens with zero attached hydrogens (tertiary/aromatic N) is 1. The smallest absolute Gasteiger partial charge is 0.194 e. The Morgan fingerprint density at radius 2 is 1.66 bits per heavy atom. The Morgan fingerprint density at radius 1 is 0.857 bits per heavy atom. The highest BCUT2D eigenvalue weighted by Gasteiger charge is 2.54. The van der Waals surface area contributed by atoms with E-state index < -0.39 is 20.7 Å². The largest absolute Gasteiger partial charge is 0.393 e. The summed E-state index contributed by atoms with van der Waals surface area (Å²) in [6.07, 6.45) is 9.51. The predicted molar refractivity (Wildman–Crippen MR) is 139 cm³/mol. The molecule has 0 saturated heterocycles. The maximum atomic E-state index is 14.5. The van der Waals surface area contributed by atoms with E-state index in [-0.39, 0.29) is 11.3 Å². The van der Waals surface area contributed by atoms with Crippen LogP contribution in [0.25, 0.3) is 11.1 Å². The third-order valence-corrected chi connectivity index (χ3v) is 9.98. The van der Waals surface area contributed by atoms with Crippen LogP contribution in [-0.2, 0) is 33.8 Å². The van der Waals surface area contributed by atoms with Crippen LogP contribution in [0.2, 0.25) is 0 Å². The van der Waals surface area contributed by atoms with Gasteiger partial charge < -0.3 is 5.11 Å². The first-order chi connectivity index (χ1) is 17.0. The molecule has 3 aromatic carbocycles. The number of benzene rings is 3. The number of aliphatic hydroxyl groups excluding tert-OH is 1. The number of fused-ring (bicyclic) bond motifs is 5. The van der Waals surface area contributed by atoms with Gasteiger partial charge in [-0.3, -0.25) is 4.99 Å². The van der Waals surface area contributed by atoms with Crippen molar-refractivity contribution in [3.05, 3.63) is 113 Å². The molecule has 2 atom stereocenters. The van der Waals surface area contributed by atoms with Crippen molar-refractivity contribution in [2.24, 2.45) is 4.99 Å². The first-order valence-electron chi connectivity index (χ1n) is 12.1. The minimum atomic E-state index is -3.95. The molecule has 3 aromatic rings. The first kappa shape index (κ1) is 22.2. The van der Waals surface area contributed by atoms with Crippen LogP contribution < -0.4 is 0 Å². The van der Waals surface area contributed by atoms with Crippen LogP contribution in [0.4, 0.5) is 0 Å². The molecule has 4 nitrogen and oxygen atoms in total. The molecule has 3 aliphatic rings.